The van der Waals surface area contributed by atoms with E-state index in [1.165, 1.54) is 11.8 Å². The van der Waals surface area contributed by atoms with E-state index in [2.05, 4.69) is 72.8 Å². The van der Waals surface area contributed by atoms with E-state index in [0.717, 1.165) is 10.9 Å². The van der Waals surface area contributed by atoms with Crippen LogP contribution >= 0.6 is 25.3 Å². The molecule has 0 unspecified atom stereocenters. The number of H-pyrrole nitrogens is 1. The summed E-state index contributed by atoms with van der Waals surface area (Å²) < 4.78 is 0. The third kappa shape index (κ3) is 20.4. The van der Waals surface area contributed by atoms with E-state index in [9.17, 15) is 68.1 Å². The molecule has 2 heterocycles. The zero-order valence-electron chi connectivity index (χ0n) is 45.1. The first-order chi connectivity index (χ1) is 36.7. The zero-order valence-corrected chi connectivity index (χ0v) is 46.9. The van der Waals surface area contributed by atoms with Crippen LogP contribution in [0.3, 0.4) is 0 Å². The number of para-hydroxylation sites is 1. The highest BCUT2D eigenvalue weighted by Crippen LogP contribution is 2.24. The van der Waals surface area contributed by atoms with Gasteiger partial charge in [-0.05, 0) is 74.8 Å². The number of rotatable bonds is 32. The molecule has 1 aliphatic rings. The Labute approximate surface area is 464 Å². The fraction of sp³-hybridized carbons (Fsp3) is 0.627. The summed E-state index contributed by atoms with van der Waals surface area (Å²) in [5.74, 6) is -11.1. The Morgan fingerprint density at radius 2 is 1.06 bits per heavy atom. The SMILES string of the molecule is CC(C)C[C@H](NC(=O)[C@H](CC(C)C)NC(=O)[C@H](CCC(=O)O)NC(=O)[C@H](CS)NC(=O)[C@H](CC(C)C)NC(=O)[C@@H]1CCCN1C(=O)[C@H](Cc1c[nH]c2ccccc12)NC(=O)[C@H](CO)NC(=O)[C@H](CS)NC(=O)[C@H](C)N)C(=O)O. The first-order valence-corrected chi connectivity index (χ1v) is 27.3. The van der Waals surface area contributed by atoms with Gasteiger partial charge >= 0.3 is 11.9 Å². The molecule has 14 N–H and O–H groups in total. The molecule has 0 bridgehead atoms. The number of amides is 9. The average molecular weight is 1130 g/mol. The van der Waals surface area contributed by atoms with Crippen LogP contribution in [0.15, 0.2) is 30.5 Å². The van der Waals surface area contributed by atoms with Gasteiger partial charge in [-0.1, -0.05) is 59.7 Å². The van der Waals surface area contributed by atoms with Crippen LogP contribution in [0.5, 0.6) is 0 Å². The van der Waals surface area contributed by atoms with E-state index in [4.69, 9.17) is 5.73 Å². The second-order valence-corrected chi connectivity index (χ2v) is 21.5. The molecular formula is C51H79N11O14S2. The lowest BCUT2D eigenvalue weighted by molar-refractivity contribution is -0.143. The Hall–Kier alpha value is -6.45. The zero-order chi connectivity index (χ0) is 58.6. The van der Waals surface area contributed by atoms with Crippen LogP contribution in [0.1, 0.15) is 99.0 Å². The van der Waals surface area contributed by atoms with Crippen molar-refractivity contribution in [2.45, 2.75) is 160 Å². The number of aliphatic hydroxyl groups excluding tert-OH is 1. The topological polar surface area (TPSA) is 390 Å². The monoisotopic (exact) mass is 1130 g/mol. The number of hydrogen-bond donors (Lipinski definition) is 15. The van der Waals surface area contributed by atoms with Gasteiger partial charge in [-0.25, -0.2) is 4.79 Å². The molecule has 2 aromatic rings. The number of aromatic nitrogens is 1. The van der Waals surface area contributed by atoms with Gasteiger partial charge in [0.1, 0.15) is 54.4 Å². The number of carboxylic acids is 2. The molecule has 27 heteroatoms. The summed E-state index contributed by atoms with van der Waals surface area (Å²) in [4.78, 5) is 152. The summed E-state index contributed by atoms with van der Waals surface area (Å²) in [7, 11) is 0. The minimum absolute atomic E-state index is 0.0402. The lowest BCUT2D eigenvalue weighted by Crippen LogP contribution is -2.61. The van der Waals surface area contributed by atoms with Crippen LogP contribution in [0.2, 0.25) is 0 Å². The maximum Gasteiger partial charge on any atom is 0.326 e. The number of nitrogens with two attached hydrogens (primary N) is 1. The number of carboxylic acid groups (broad SMARTS) is 2. The maximum absolute atomic E-state index is 14.7. The number of likely N-dealkylation sites (tertiary alicyclic amines) is 1. The summed E-state index contributed by atoms with van der Waals surface area (Å²) in [5.41, 5.74) is 6.97. The number of nitrogens with one attached hydrogen (secondary N) is 9. The van der Waals surface area contributed by atoms with Gasteiger partial charge in [0.25, 0.3) is 0 Å². The molecule has 10 atom stereocenters. The van der Waals surface area contributed by atoms with Crippen LogP contribution in [-0.2, 0) is 59.2 Å². The largest absolute Gasteiger partial charge is 0.481 e. The van der Waals surface area contributed by atoms with E-state index in [1.54, 1.807) is 65.9 Å². The molecule has 25 nitrogen and oxygen atoms in total. The van der Waals surface area contributed by atoms with Crippen molar-refractivity contribution >= 4 is 101 Å². The van der Waals surface area contributed by atoms with Crippen molar-refractivity contribution in [3.8, 4) is 0 Å². The molecule has 0 saturated carbocycles. The van der Waals surface area contributed by atoms with Crippen molar-refractivity contribution in [1.82, 2.24) is 52.4 Å². The standard InChI is InChI=1S/C51H79N11O14S2/c1-25(2)17-33(44(68)58-36(51(75)76)19-27(5)6)55-43(67)32(14-15-41(64)65)54-47(71)39(24-78)61-45(69)34(18-26(3)4)56-49(73)40-13-10-16-62(40)50(74)35(20-29-21-53-31-12-9-8-11-30(29)31)57-46(70)37(22-63)59-48(72)38(23-77)60-42(66)28(7)52/h8-9,11-12,21,25-28,32-40,53,63,77-78H,10,13-20,22-24,52H2,1-7H3,(H,54,71)(H,55,67)(H,56,73)(H,57,70)(H,58,68)(H,59,72)(H,60,66)(H,61,69)(H,64,65)(H,75,76)/t28-,32-,33-,34-,35-,36-,37-,38-,39-,40-/m0/s1. The van der Waals surface area contributed by atoms with E-state index in [-0.39, 0.29) is 67.9 Å². The molecule has 0 radical (unpaired) electrons. The van der Waals surface area contributed by atoms with Crippen molar-refractivity contribution in [2.24, 2.45) is 23.5 Å². The molecule has 1 aromatic heterocycles. The molecule has 434 valence electrons. The first kappa shape index (κ1) is 65.8. The van der Waals surface area contributed by atoms with E-state index in [0.29, 0.717) is 12.0 Å². The lowest BCUT2D eigenvalue weighted by atomic mass is 10.00. The molecule has 1 fully saturated rings. The van der Waals surface area contributed by atoms with Crippen LogP contribution in [0, 0.1) is 17.8 Å². The van der Waals surface area contributed by atoms with E-state index in [1.807, 2.05) is 6.07 Å². The number of aromatic amines is 1. The Bertz CT molecular complexity index is 2440. The van der Waals surface area contributed by atoms with Gasteiger partial charge in [0.05, 0.1) is 12.6 Å². The highest BCUT2D eigenvalue weighted by molar-refractivity contribution is 7.80. The van der Waals surface area contributed by atoms with Gasteiger partial charge in [-0.15, -0.1) is 0 Å². The van der Waals surface area contributed by atoms with Gasteiger partial charge in [-0.3, -0.25) is 47.9 Å². The third-order valence-corrected chi connectivity index (χ3v) is 13.4. The van der Waals surface area contributed by atoms with Crippen molar-refractivity contribution < 1.29 is 68.1 Å². The van der Waals surface area contributed by atoms with Crippen molar-refractivity contribution in [3.05, 3.63) is 36.0 Å². The Morgan fingerprint density at radius 1 is 0.615 bits per heavy atom. The van der Waals surface area contributed by atoms with Gasteiger partial charge in [-0.2, -0.15) is 25.3 Å². The van der Waals surface area contributed by atoms with Gasteiger partial charge in [0.15, 0.2) is 0 Å². The highest BCUT2D eigenvalue weighted by atomic mass is 32.1. The number of carbonyl (C=O) groups excluding carboxylic acids is 9. The molecule has 1 aromatic carbocycles. The van der Waals surface area contributed by atoms with Crippen LogP contribution in [-0.4, -0.2) is 175 Å². The number of thiol groups is 2. The predicted octanol–water partition coefficient (Wildman–Crippen LogP) is -1.13. The van der Waals surface area contributed by atoms with Crippen LogP contribution in [0.4, 0.5) is 0 Å². The fourth-order valence-electron chi connectivity index (χ4n) is 8.65. The van der Waals surface area contributed by atoms with Crippen molar-refractivity contribution in [3.63, 3.8) is 0 Å². The summed E-state index contributed by atoms with van der Waals surface area (Å²) in [6.07, 6.45) is 1.20. The summed E-state index contributed by atoms with van der Waals surface area (Å²) in [6.45, 7) is 11.2. The number of fused-ring (bicyclic) bond motifs is 1. The number of aliphatic hydroxyl groups is 1. The Morgan fingerprint density at radius 3 is 1.59 bits per heavy atom. The summed E-state index contributed by atoms with van der Waals surface area (Å²) in [6, 6.07) is -6.00. The quantitative estimate of drug-likeness (QED) is 0.0386. The lowest BCUT2D eigenvalue weighted by Gasteiger charge is -2.31. The van der Waals surface area contributed by atoms with Crippen molar-refractivity contribution in [1.29, 1.82) is 0 Å². The third-order valence-electron chi connectivity index (χ3n) is 12.7. The number of nitrogens with zero attached hydrogens (tertiary/aromatic N) is 1. The van der Waals surface area contributed by atoms with Crippen molar-refractivity contribution in [2.75, 3.05) is 24.7 Å². The number of hydrogen-bond acceptors (Lipinski definition) is 15. The van der Waals surface area contributed by atoms with E-state index < -0.39 is 145 Å². The fourth-order valence-corrected chi connectivity index (χ4v) is 9.16. The Balaban J connectivity index is 1.86. The molecule has 0 aliphatic carbocycles. The number of carbonyl (C=O) groups is 11. The van der Waals surface area contributed by atoms with Gasteiger partial charge in [0.2, 0.25) is 53.2 Å². The summed E-state index contributed by atoms with van der Waals surface area (Å²) >= 11 is 8.38. The van der Waals surface area contributed by atoms with Crippen LogP contribution in [0.25, 0.3) is 10.9 Å². The predicted molar refractivity (Wildman–Crippen MR) is 293 cm³/mol. The molecule has 1 aliphatic heterocycles. The number of aliphatic carboxylic acids is 2. The second kappa shape index (κ2) is 31.8. The number of benzene rings is 1. The van der Waals surface area contributed by atoms with Crippen LogP contribution < -0.4 is 48.3 Å². The minimum atomic E-state index is -1.61. The average Bonchev–Trinajstić information content (AvgIpc) is 4.04. The first-order valence-electron chi connectivity index (χ1n) is 26.0. The van der Waals surface area contributed by atoms with Gasteiger partial charge in [0, 0.05) is 48.0 Å². The Kier molecular flexibility index (Phi) is 26.9. The normalized spacial score (nSPS) is 16.8. The smallest absolute Gasteiger partial charge is 0.326 e. The highest BCUT2D eigenvalue weighted by Gasteiger charge is 2.41. The molecule has 3 rings (SSSR count). The molecule has 0 spiro atoms. The minimum Gasteiger partial charge on any atom is -0.481 e. The molecular weight excluding hydrogens is 1050 g/mol. The maximum atomic E-state index is 14.7. The van der Waals surface area contributed by atoms with Gasteiger partial charge < -0.3 is 73.5 Å². The molecule has 78 heavy (non-hydrogen) atoms. The summed E-state index contributed by atoms with van der Waals surface area (Å²) in [5, 5.41) is 50.4. The second-order valence-electron chi connectivity index (χ2n) is 20.7. The van der Waals surface area contributed by atoms with E-state index >= 15 is 0 Å². The molecule has 9 amide bonds. The molecule has 1 saturated heterocycles.